The number of hydrogen-bond acceptors (Lipinski definition) is 6. The molecule has 2 aromatic rings. The molecule has 1 amide bonds. The Morgan fingerprint density at radius 3 is 2.54 bits per heavy atom. The van der Waals surface area contributed by atoms with Crippen LogP contribution in [-0.4, -0.2) is 60.7 Å². The van der Waals surface area contributed by atoms with Gasteiger partial charge >= 0.3 is 0 Å². The number of anilines is 1. The lowest BCUT2D eigenvalue weighted by molar-refractivity contribution is -0.133. The second-order valence-electron chi connectivity index (χ2n) is 5.37. The van der Waals surface area contributed by atoms with Gasteiger partial charge in [-0.05, 0) is 12.1 Å². The monoisotopic (exact) mass is 328 g/mol. The summed E-state index contributed by atoms with van der Waals surface area (Å²) in [7, 11) is 1.58. The fourth-order valence-corrected chi connectivity index (χ4v) is 2.61. The van der Waals surface area contributed by atoms with Gasteiger partial charge in [0.25, 0.3) is 5.91 Å². The molecule has 126 valence electrons. The van der Waals surface area contributed by atoms with Crippen LogP contribution in [0.4, 0.5) is 5.82 Å². The van der Waals surface area contributed by atoms with Crippen LogP contribution in [0.25, 0.3) is 0 Å². The molecule has 3 rings (SSSR count). The van der Waals surface area contributed by atoms with E-state index in [0.29, 0.717) is 24.6 Å². The summed E-state index contributed by atoms with van der Waals surface area (Å²) in [5.74, 6) is 2.01. The third-order valence-corrected chi connectivity index (χ3v) is 3.93. The number of para-hydroxylation sites is 2. The molecular formula is C17H20N4O3. The molecule has 1 aliphatic heterocycles. The summed E-state index contributed by atoms with van der Waals surface area (Å²) in [6.45, 7) is 2.76. The van der Waals surface area contributed by atoms with E-state index in [1.54, 1.807) is 37.8 Å². The molecule has 1 aromatic heterocycles. The first kappa shape index (κ1) is 16.0. The Balaban J connectivity index is 1.50. The van der Waals surface area contributed by atoms with E-state index in [0.717, 1.165) is 18.9 Å². The summed E-state index contributed by atoms with van der Waals surface area (Å²) in [6, 6.07) is 7.30. The Bertz CT molecular complexity index is 673. The van der Waals surface area contributed by atoms with Gasteiger partial charge in [0.05, 0.1) is 13.3 Å². The van der Waals surface area contributed by atoms with Crippen LogP contribution in [0, 0.1) is 0 Å². The molecule has 24 heavy (non-hydrogen) atoms. The summed E-state index contributed by atoms with van der Waals surface area (Å²) in [5.41, 5.74) is 0. The minimum atomic E-state index is -0.0281. The summed E-state index contributed by atoms with van der Waals surface area (Å²) in [4.78, 5) is 24.6. The Hall–Kier alpha value is -2.83. The van der Waals surface area contributed by atoms with Crippen LogP contribution < -0.4 is 14.4 Å². The van der Waals surface area contributed by atoms with E-state index < -0.39 is 0 Å². The second kappa shape index (κ2) is 7.63. The molecule has 1 fully saturated rings. The molecule has 1 aromatic carbocycles. The average Bonchev–Trinajstić information content (AvgIpc) is 2.67. The maximum atomic E-state index is 12.3. The summed E-state index contributed by atoms with van der Waals surface area (Å²) >= 11 is 0. The van der Waals surface area contributed by atoms with Gasteiger partial charge in [0.15, 0.2) is 18.1 Å². The summed E-state index contributed by atoms with van der Waals surface area (Å²) < 4.78 is 10.8. The third kappa shape index (κ3) is 3.73. The number of amides is 1. The molecule has 0 atom stereocenters. The Morgan fingerprint density at radius 2 is 1.88 bits per heavy atom. The van der Waals surface area contributed by atoms with E-state index in [4.69, 9.17) is 9.47 Å². The number of rotatable bonds is 5. The summed E-state index contributed by atoms with van der Waals surface area (Å²) in [6.07, 6.45) is 5.06. The second-order valence-corrected chi connectivity index (χ2v) is 5.37. The summed E-state index contributed by atoms with van der Waals surface area (Å²) in [5, 5.41) is 0. The van der Waals surface area contributed by atoms with E-state index >= 15 is 0 Å². The quantitative estimate of drug-likeness (QED) is 0.822. The van der Waals surface area contributed by atoms with E-state index in [9.17, 15) is 4.79 Å². The van der Waals surface area contributed by atoms with Crippen molar-refractivity contribution in [2.24, 2.45) is 0 Å². The van der Waals surface area contributed by atoms with Crippen LogP contribution in [0.15, 0.2) is 42.9 Å². The molecule has 2 heterocycles. The first-order valence-corrected chi connectivity index (χ1v) is 7.82. The molecule has 0 N–H and O–H groups in total. The van der Waals surface area contributed by atoms with Crippen LogP contribution in [0.2, 0.25) is 0 Å². The van der Waals surface area contributed by atoms with Crippen LogP contribution >= 0.6 is 0 Å². The highest BCUT2D eigenvalue weighted by atomic mass is 16.5. The Labute approximate surface area is 140 Å². The first-order chi connectivity index (χ1) is 11.8. The van der Waals surface area contributed by atoms with Crippen molar-refractivity contribution in [2.45, 2.75) is 0 Å². The molecule has 0 saturated carbocycles. The molecule has 0 unspecified atom stereocenters. The Morgan fingerprint density at radius 1 is 1.12 bits per heavy atom. The zero-order valence-electron chi connectivity index (χ0n) is 13.6. The predicted molar refractivity (Wildman–Crippen MR) is 89.3 cm³/mol. The molecule has 0 bridgehead atoms. The van der Waals surface area contributed by atoms with Crippen molar-refractivity contribution in [1.82, 2.24) is 14.9 Å². The molecule has 0 spiro atoms. The number of piperazine rings is 1. The van der Waals surface area contributed by atoms with Gasteiger partial charge in [-0.25, -0.2) is 4.98 Å². The van der Waals surface area contributed by atoms with Crippen LogP contribution in [-0.2, 0) is 4.79 Å². The van der Waals surface area contributed by atoms with Gasteiger partial charge in [0, 0.05) is 38.6 Å². The van der Waals surface area contributed by atoms with Crippen LogP contribution in [0.3, 0.4) is 0 Å². The van der Waals surface area contributed by atoms with E-state index in [1.807, 2.05) is 17.0 Å². The number of methoxy groups -OCH3 is 1. The maximum Gasteiger partial charge on any atom is 0.260 e. The number of aromatic nitrogens is 2. The molecular weight excluding hydrogens is 308 g/mol. The first-order valence-electron chi connectivity index (χ1n) is 7.82. The van der Waals surface area contributed by atoms with Gasteiger partial charge in [0.1, 0.15) is 5.82 Å². The van der Waals surface area contributed by atoms with Crippen molar-refractivity contribution in [3.05, 3.63) is 42.9 Å². The standard InChI is InChI=1S/C17H20N4O3/c1-23-14-4-2-3-5-15(14)24-13-17(22)21-10-8-20(9-11-21)16-12-18-6-7-19-16/h2-7,12H,8-11,13H2,1H3. The number of carbonyl (C=O) groups is 1. The lowest BCUT2D eigenvalue weighted by atomic mass is 10.3. The van der Waals surface area contributed by atoms with Gasteiger partial charge < -0.3 is 19.3 Å². The van der Waals surface area contributed by atoms with E-state index in [-0.39, 0.29) is 12.5 Å². The molecule has 7 heteroatoms. The Kier molecular flexibility index (Phi) is 5.10. The number of hydrogen-bond donors (Lipinski definition) is 0. The van der Waals surface area contributed by atoms with Gasteiger partial charge in [-0.3, -0.25) is 9.78 Å². The SMILES string of the molecule is COc1ccccc1OCC(=O)N1CCN(c2cnccn2)CC1. The zero-order valence-corrected chi connectivity index (χ0v) is 13.6. The van der Waals surface area contributed by atoms with Gasteiger partial charge in [-0.2, -0.15) is 0 Å². The molecule has 0 radical (unpaired) electrons. The third-order valence-electron chi connectivity index (χ3n) is 3.93. The van der Waals surface area contributed by atoms with Crippen molar-refractivity contribution in [1.29, 1.82) is 0 Å². The van der Waals surface area contributed by atoms with Crippen molar-refractivity contribution in [3.8, 4) is 11.5 Å². The number of nitrogens with zero attached hydrogens (tertiary/aromatic N) is 4. The topological polar surface area (TPSA) is 67.8 Å². The van der Waals surface area contributed by atoms with Crippen molar-refractivity contribution >= 4 is 11.7 Å². The minimum Gasteiger partial charge on any atom is -0.493 e. The van der Waals surface area contributed by atoms with Crippen molar-refractivity contribution in [2.75, 3.05) is 44.8 Å². The predicted octanol–water partition coefficient (Wildman–Crippen LogP) is 1.21. The fraction of sp³-hybridized carbons (Fsp3) is 0.353. The van der Waals surface area contributed by atoms with Crippen molar-refractivity contribution in [3.63, 3.8) is 0 Å². The molecule has 0 aliphatic carbocycles. The van der Waals surface area contributed by atoms with Gasteiger partial charge in [-0.15, -0.1) is 0 Å². The van der Waals surface area contributed by atoms with Gasteiger partial charge in [-0.1, -0.05) is 12.1 Å². The highest BCUT2D eigenvalue weighted by Gasteiger charge is 2.22. The average molecular weight is 328 g/mol. The zero-order chi connectivity index (χ0) is 16.8. The molecule has 7 nitrogen and oxygen atoms in total. The highest BCUT2D eigenvalue weighted by molar-refractivity contribution is 5.78. The lowest BCUT2D eigenvalue weighted by Gasteiger charge is -2.35. The molecule has 1 saturated heterocycles. The minimum absolute atomic E-state index is 0.00547. The highest BCUT2D eigenvalue weighted by Crippen LogP contribution is 2.25. The number of benzene rings is 1. The molecule has 1 aliphatic rings. The number of ether oxygens (including phenoxy) is 2. The fourth-order valence-electron chi connectivity index (χ4n) is 2.61. The maximum absolute atomic E-state index is 12.3. The van der Waals surface area contributed by atoms with E-state index in [1.165, 1.54) is 0 Å². The van der Waals surface area contributed by atoms with Crippen molar-refractivity contribution < 1.29 is 14.3 Å². The van der Waals surface area contributed by atoms with Gasteiger partial charge in [0.2, 0.25) is 0 Å². The van der Waals surface area contributed by atoms with E-state index in [2.05, 4.69) is 14.9 Å². The lowest BCUT2D eigenvalue weighted by Crippen LogP contribution is -2.50. The smallest absolute Gasteiger partial charge is 0.260 e. The normalized spacial score (nSPS) is 14.4. The van der Waals surface area contributed by atoms with Crippen LogP contribution in [0.1, 0.15) is 0 Å². The number of carbonyl (C=O) groups excluding carboxylic acids is 1. The largest absolute Gasteiger partial charge is 0.493 e. The van der Waals surface area contributed by atoms with Crippen LogP contribution in [0.5, 0.6) is 11.5 Å².